The molecule has 1 aromatic carbocycles. The van der Waals surface area contributed by atoms with Crippen molar-refractivity contribution in [2.45, 2.75) is 19.3 Å². The topological polar surface area (TPSA) is 61.8 Å². The minimum absolute atomic E-state index is 0. The number of guanidine groups is 1. The standard InChI is InChI=1S/C20H23F4N5O.HI/c1-25-19(27-12-14-4-5-16(21)11-17(14)20(22,23)24)28-13-15-3-2-6-26-18(15)29-7-9-30-10-8-29;/h2-6,11H,7-10,12-13H2,1H3,(H2,25,27,28);1H. The highest BCUT2D eigenvalue weighted by Crippen LogP contribution is 2.32. The van der Waals surface area contributed by atoms with Crippen LogP contribution < -0.4 is 15.5 Å². The number of aliphatic imine (C=N–C) groups is 1. The third kappa shape index (κ3) is 6.92. The van der Waals surface area contributed by atoms with Gasteiger partial charge in [-0.3, -0.25) is 4.99 Å². The smallest absolute Gasteiger partial charge is 0.378 e. The first-order valence-corrected chi connectivity index (χ1v) is 9.45. The van der Waals surface area contributed by atoms with Gasteiger partial charge in [0.15, 0.2) is 5.96 Å². The Kier molecular flexibility index (Phi) is 9.29. The molecular weight excluding hydrogens is 529 g/mol. The number of ether oxygens (including phenoxy) is 1. The van der Waals surface area contributed by atoms with E-state index in [0.29, 0.717) is 31.8 Å². The Bertz CT molecular complexity index is 888. The summed E-state index contributed by atoms with van der Waals surface area (Å²) in [5, 5.41) is 5.94. The lowest BCUT2D eigenvalue weighted by Gasteiger charge is -2.29. The van der Waals surface area contributed by atoms with Crippen molar-refractivity contribution in [2.24, 2.45) is 4.99 Å². The molecule has 0 saturated carbocycles. The fourth-order valence-electron chi connectivity index (χ4n) is 3.17. The van der Waals surface area contributed by atoms with E-state index >= 15 is 0 Å². The molecule has 6 nitrogen and oxygen atoms in total. The maximum Gasteiger partial charge on any atom is 0.416 e. The van der Waals surface area contributed by atoms with Crippen molar-refractivity contribution in [3.05, 3.63) is 59.0 Å². The van der Waals surface area contributed by atoms with E-state index in [9.17, 15) is 17.6 Å². The molecule has 0 radical (unpaired) electrons. The minimum Gasteiger partial charge on any atom is -0.378 e. The molecule has 0 amide bonds. The lowest BCUT2D eigenvalue weighted by atomic mass is 10.1. The monoisotopic (exact) mass is 553 g/mol. The van der Waals surface area contributed by atoms with Gasteiger partial charge in [-0.05, 0) is 23.8 Å². The molecule has 2 aromatic rings. The maximum atomic E-state index is 13.3. The number of aromatic nitrogens is 1. The molecule has 1 saturated heterocycles. The number of alkyl halides is 3. The van der Waals surface area contributed by atoms with Crippen LogP contribution in [0.15, 0.2) is 41.5 Å². The maximum absolute atomic E-state index is 13.3. The Hall–Kier alpha value is -2.15. The van der Waals surface area contributed by atoms with Crippen LogP contribution >= 0.6 is 24.0 Å². The van der Waals surface area contributed by atoms with Gasteiger partial charge < -0.3 is 20.3 Å². The molecule has 170 valence electrons. The number of pyridine rings is 1. The SMILES string of the molecule is CN=C(NCc1ccc(F)cc1C(F)(F)F)NCc1cccnc1N1CCOCC1.I. The van der Waals surface area contributed by atoms with Gasteiger partial charge in [0.25, 0.3) is 0 Å². The third-order valence-electron chi connectivity index (χ3n) is 4.67. The van der Waals surface area contributed by atoms with Gasteiger partial charge in [0.05, 0.1) is 18.8 Å². The third-order valence-corrected chi connectivity index (χ3v) is 4.67. The average molecular weight is 553 g/mol. The highest BCUT2D eigenvalue weighted by molar-refractivity contribution is 14.0. The van der Waals surface area contributed by atoms with E-state index < -0.39 is 17.6 Å². The molecule has 0 unspecified atom stereocenters. The molecule has 2 heterocycles. The number of nitrogens with one attached hydrogen (secondary N) is 2. The normalized spacial score (nSPS) is 14.7. The van der Waals surface area contributed by atoms with Gasteiger partial charge in [-0.1, -0.05) is 12.1 Å². The molecule has 0 aliphatic carbocycles. The Morgan fingerprint density at radius 2 is 1.81 bits per heavy atom. The molecule has 0 bridgehead atoms. The molecule has 2 N–H and O–H groups in total. The number of hydrogen-bond donors (Lipinski definition) is 2. The first-order chi connectivity index (χ1) is 14.4. The largest absolute Gasteiger partial charge is 0.416 e. The molecule has 3 rings (SSSR count). The minimum atomic E-state index is -4.64. The van der Waals surface area contributed by atoms with Gasteiger partial charge in [-0.2, -0.15) is 13.2 Å². The molecule has 11 heteroatoms. The molecule has 31 heavy (non-hydrogen) atoms. The van der Waals surface area contributed by atoms with Crippen molar-refractivity contribution in [2.75, 3.05) is 38.3 Å². The number of halogens is 5. The lowest BCUT2D eigenvalue weighted by Crippen LogP contribution is -2.39. The predicted molar refractivity (Wildman–Crippen MR) is 121 cm³/mol. The second-order valence-corrected chi connectivity index (χ2v) is 6.66. The zero-order valence-electron chi connectivity index (χ0n) is 16.9. The number of morpholine rings is 1. The van der Waals surface area contributed by atoms with Crippen LogP contribution in [0.25, 0.3) is 0 Å². The second-order valence-electron chi connectivity index (χ2n) is 6.66. The molecule has 0 atom stereocenters. The molecule has 1 fully saturated rings. The van der Waals surface area contributed by atoms with Crippen LogP contribution in [0.4, 0.5) is 23.4 Å². The second kappa shape index (κ2) is 11.5. The van der Waals surface area contributed by atoms with Crippen LogP contribution in [0.5, 0.6) is 0 Å². The first-order valence-electron chi connectivity index (χ1n) is 9.45. The fourth-order valence-corrected chi connectivity index (χ4v) is 3.17. The summed E-state index contributed by atoms with van der Waals surface area (Å²) in [5.74, 6) is 0.228. The molecule has 1 aliphatic heterocycles. The number of hydrogen-bond acceptors (Lipinski definition) is 4. The van der Waals surface area contributed by atoms with Crippen LogP contribution in [0.3, 0.4) is 0 Å². The predicted octanol–water partition coefficient (Wildman–Crippen LogP) is 3.56. The Labute approximate surface area is 195 Å². The summed E-state index contributed by atoms with van der Waals surface area (Å²) >= 11 is 0. The molecule has 0 spiro atoms. The summed E-state index contributed by atoms with van der Waals surface area (Å²) in [4.78, 5) is 10.6. The number of rotatable bonds is 5. The van der Waals surface area contributed by atoms with Crippen molar-refractivity contribution in [3.8, 4) is 0 Å². The van der Waals surface area contributed by atoms with Gasteiger partial charge in [0.1, 0.15) is 11.6 Å². The summed E-state index contributed by atoms with van der Waals surface area (Å²) in [7, 11) is 1.52. The molecule has 1 aromatic heterocycles. The van der Waals surface area contributed by atoms with E-state index in [4.69, 9.17) is 4.74 Å². The highest BCUT2D eigenvalue weighted by Gasteiger charge is 2.33. The van der Waals surface area contributed by atoms with E-state index in [0.717, 1.165) is 36.6 Å². The Morgan fingerprint density at radius 1 is 1.13 bits per heavy atom. The van der Waals surface area contributed by atoms with Crippen molar-refractivity contribution in [1.82, 2.24) is 15.6 Å². The van der Waals surface area contributed by atoms with Crippen molar-refractivity contribution in [3.63, 3.8) is 0 Å². The number of benzene rings is 1. The highest BCUT2D eigenvalue weighted by atomic mass is 127. The summed E-state index contributed by atoms with van der Waals surface area (Å²) < 4.78 is 58.1. The average Bonchev–Trinajstić information content (AvgIpc) is 2.75. The number of nitrogens with zero attached hydrogens (tertiary/aromatic N) is 3. The van der Waals surface area contributed by atoms with E-state index in [1.165, 1.54) is 7.05 Å². The van der Waals surface area contributed by atoms with Gasteiger partial charge in [-0.15, -0.1) is 24.0 Å². The Balaban J connectivity index is 0.00000341. The van der Waals surface area contributed by atoms with E-state index in [1.807, 2.05) is 12.1 Å². The Morgan fingerprint density at radius 3 is 2.45 bits per heavy atom. The zero-order chi connectivity index (χ0) is 21.6. The fraction of sp³-hybridized carbons (Fsp3) is 0.400. The van der Waals surface area contributed by atoms with Crippen LogP contribution in [0, 0.1) is 5.82 Å². The van der Waals surface area contributed by atoms with Gasteiger partial charge >= 0.3 is 6.18 Å². The lowest BCUT2D eigenvalue weighted by molar-refractivity contribution is -0.138. The summed E-state index contributed by atoms with van der Waals surface area (Å²) in [6.07, 6.45) is -2.92. The van der Waals surface area contributed by atoms with E-state index in [2.05, 4.69) is 25.5 Å². The molecular formula is C20H24F4IN5O. The quantitative estimate of drug-likeness (QED) is 0.257. The van der Waals surface area contributed by atoms with Crippen LogP contribution in [0.2, 0.25) is 0 Å². The van der Waals surface area contributed by atoms with Crippen molar-refractivity contribution in [1.29, 1.82) is 0 Å². The van der Waals surface area contributed by atoms with Gasteiger partial charge in [0, 0.05) is 45.0 Å². The molecule has 1 aliphatic rings. The van der Waals surface area contributed by atoms with Crippen molar-refractivity contribution < 1.29 is 22.3 Å². The number of anilines is 1. The van der Waals surface area contributed by atoms with Crippen LogP contribution in [-0.4, -0.2) is 44.3 Å². The van der Waals surface area contributed by atoms with Crippen molar-refractivity contribution >= 4 is 35.8 Å². The first kappa shape index (κ1) is 25.1. The summed E-state index contributed by atoms with van der Waals surface area (Å²) in [6, 6.07) is 6.38. The van der Waals surface area contributed by atoms with Crippen LogP contribution in [0.1, 0.15) is 16.7 Å². The van der Waals surface area contributed by atoms with E-state index in [-0.39, 0.29) is 36.1 Å². The van der Waals surface area contributed by atoms with Gasteiger partial charge in [-0.25, -0.2) is 9.37 Å². The van der Waals surface area contributed by atoms with E-state index in [1.54, 1.807) is 6.20 Å². The summed E-state index contributed by atoms with van der Waals surface area (Å²) in [5.41, 5.74) is -0.144. The van der Waals surface area contributed by atoms with Gasteiger partial charge in [0.2, 0.25) is 0 Å². The zero-order valence-corrected chi connectivity index (χ0v) is 19.2. The summed E-state index contributed by atoms with van der Waals surface area (Å²) in [6.45, 7) is 2.97. The van der Waals surface area contributed by atoms with Crippen LogP contribution in [-0.2, 0) is 24.0 Å².